The molecule has 34 heavy (non-hydrogen) atoms. The Balaban J connectivity index is 1.47. The zero-order valence-corrected chi connectivity index (χ0v) is 20.2. The molecule has 0 saturated carbocycles. The highest BCUT2D eigenvalue weighted by molar-refractivity contribution is 7.22. The van der Waals surface area contributed by atoms with E-state index in [4.69, 9.17) is 14.5 Å². The average Bonchev–Trinajstić information content (AvgIpc) is 3.33. The standard InChI is InChI=1S/C25H27N5O3S/c1-17-4-7-21(32-2)22-23(17)34-25(28-22)30(11-3-10-29-12-14-33-15-13-29)24(31)18-5-6-19-20(16-18)27-9-8-26-19/h4-9,16H,3,10-15H2,1-2H3. The smallest absolute Gasteiger partial charge is 0.260 e. The van der Waals surface area contributed by atoms with Crippen LogP contribution in [0.15, 0.2) is 42.7 Å². The molecule has 8 nitrogen and oxygen atoms in total. The van der Waals surface area contributed by atoms with Crippen LogP contribution in [0, 0.1) is 6.92 Å². The Kier molecular flexibility index (Phi) is 6.66. The first-order valence-electron chi connectivity index (χ1n) is 11.4. The van der Waals surface area contributed by atoms with Crippen molar-refractivity contribution in [2.24, 2.45) is 0 Å². The second-order valence-electron chi connectivity index (χ2n) is 8.28. The lowest BCUT2D eigenvalue weighted by molar-refractivity contribution is 0.0376. The number of carbonyl (C=O) groups excluding carboxylic acids is 1. The van der Waals surface area contributed by atoms with E-state index < -0.39 is 0 Å². The number of nitrogens with zero attached hydrogens (tertiary/aromatic N) is 5. The maximum Gasteiger partial charge on any atom is 0.260 e. The number of amides is 1. The summed E-state index contributed by atoms with van der Waals surface area (Å²) in [5.41, 5.74) is 3.93. The number of rotatable bonds is 7. The van der Waals surface area contributed by atoms with Crippen LogP contribution in [0.25, 0.3) is 21.3 Å². The van der Waals surface area contributed by atoms with Crippen LogP contribution in [0.4, 0.5) is 5.13 Å². The van der Waals surface area contributed by atoms with E-state index in [2.05, 4.69) is 21.8 Å². The van der Waals surface area contributed by atoms with Gasteiger partial charge in [0.2, 0.25) is 0 Å². The summed E-state index contributed by atoms with van der Waals surface area (Å²) in [6.45, 7) is 6.90. The third-order valence-corrected chi connectivity index (χ3v) is 7.28. The predicted molar refractivity (Wildman–Crippen MR) is 134 cm³/mol. The highest BCUT2D eigenvalue weighted by atomic mass is 32.1. The normalized spacial score (nSPS) is 14.5. The van der Waals surface area contributed by atoms with Crippen LogP contribution < -0.4 is 9.64 Å². The summed E-state index contributed by atoms with van der Waals surface area (Å²) in [6, 6.07) is 9.41. The molecule has 0 atom stereocenters. The van der Waals surface area contributed by atoms with Crippen molar-refractivity contribution in [3.8, 4) is 5.75 Å². The maximum atomic E-state index is 13.8. The zero-order chi connectivity index (χ0) is 23.5. The third kappa shape index (κ3) is 4.59. The van der Waals surface area contributed by atoms with Gasteiger partial charge in [0.05, 0.1) is 36.1 Å². The number of anilines is 1. The SMILES string of the molecule is COc1ccc(C)c2sc(N(CCCN3CCOCC3)C(=O)c3ccc4nccnc4c3)nc12. The average molecular weight is 478 g/mol. The number of carbonyl (C=O) groups is 1. The molecule has 1 amide bonds. The van der Waals surface area contributed by atoms with Gasteiger partial charge in [0.25, 0.3) is 5.91 Å². The van der Waals surface area contributed by atoms with E-state index >= 15 is 0 Å². The van der Waals surface area contributed by atoms with Gasteiger partial charge in [0.15, 0.2) is 5.13 Å². The Hall–Kier alpha value is -3.14. The monoisotopic (exact) mass is 477 g/mol. The van der Waals surface area contributed by atoms with Gasteiger partial charge in [-0.25, -0.2) is 4.98 Å². The molecule has 2 aromatic carbocycles. The first-order valence-corrected chi connectivity index (χ1v) is 12.2. The van der Waals surface area contributed by atoms with Crippen LogP contribution in [-0.4, -0.2) is 72.3 Å². The van der Waals surface area contributed by atoms with E-state index in [1.807, 2.05) is 24.3 Å². The summed E-state index contributed by atoms with van der Waals surface area (Å²) in [7, 11) is 1.64. The number of benzene rings is 2. The van der Waals surface area contributed by atoms with E-state index in [-0.39, 0.29) is 5.91 Å². The number of aromatic nitrogens is 3. The van der Waals surface area contributed by atoms with Crippen LogP contribution in [0.1, 0.15) is 22.3 Å². The van der Waals surface area contributed by atoms with Crippen molar-refractivity contribution in [3.63, 3.8) is 0 Å². The molecule has 4 aromatic rings. The van der Waals surface area contributed by atoms with Crippen molar-refractivity contribution in [2.75, 3.05) is 51.4 Å². The lowest BCUT2D eigenvalue weighted by Crippen LogP contribution is -2.39. The summed E-state index contributed by atoms with van der Waals surface area (Å²) >= 11 is 1.53. The van der Waals surface area contributed by atoms with Crippen molar-refractivity contribution in [1.82, 2.24) is 19.9 Å². The molecule has 2 aromatic heterocycles. The fraction of sp³-hybridized carbons (Fsp3) is 0.360. The van der Waals surface area contributed by atoms with Gasteiger partial charge < -0.3 is 9.47 Å². The minimum absolute atomic E-state index is 0.0924. The molecule has 5 rings (SSSR count). The van der Waals surface area contributed by atoms with E-state index in [9.17, 15) is 4.79 Å². The highest BCUT2D eigenvalue weighted by Crippen LogP contribution is 2.37. The largest absolute Gasteiger partial charge is 0.494 e. The molecular formula is C25H27N5O3S. The molecule has 0 bridgehead atoms. The molecule has 1 aliphatic heterocycles. The van der Waals surface area contributed by atoms with Gasteiger partial charge in [-0.3, -0.25) is 24.6 Å². The Morgan fingerprint density at radius 3 is 2.74 bits per heavy atom. The minimum Gasteiger partial charge on any atom is -0.494 e. The van der Waals surface area contributed by atoms with Crippen LogP contribution in [0.2, 0.25) is 0 Å². The first kappa shape index (κ1) is 22.6. The summed E-state index contributed by atoms with van der Waals surface area (Å²) in [6.07, 6.45) is 4.13. The molecule has 0 N–H and O–H groups in total. The van der Waals surface area contributed by atoms with Crippen LogP contribution >= 0.6 is 11.3 Å². The quantitative estimate of drug-likeness (QED) is 0.399. The Labute approximate surface area is 202 Å². The number of fused-ring (bicyclic) bond motifs is 2. The molecule has 1 saturated heterocycles. The van der Waals surface area contributed by atoms with Crippen LogP contribution in [0.5, 0.6) is 5.75 Å². The second-order valence-corrected chi connectivity index (χ2v) is 9.26. The summed E-state index contributed by atoms with van der Waals surface area (Å²) in [4.78, 5) is 31.5. The van der Waals surface area contributed by atoms with E-state index in [0.29, 0.717) is 28.5 Å². The number of ether oxygens (including phenoxy) is 2. The Morgan fingerprint density at radius 2 is 1.94 bits per heavy atom. The first-order chi connectivity index (χ1) is 16.6. The summed E-state index contributed by atoms with van der Waals surface area (Å²) in [5, 5.41) is 0.675. The number of hydrogen-bond donors (Lipinski definition) is 0. The fourth-order valence-electron chi connectivity index (χ4n) is 4.19. The van der Waals surface area contributed by atoms with Crippen molar-refractivity contribution in [3.05, 3.63) is 53.9 Å². The number of morpholine rings is 1. The number of thiazole rings is 1. The van der Waals surface area contributed by atoms with Gasteiger partial charge in [-0.15, -0.1) is 0 Å². The van der Waals surface area contributed by atoms with E-state index in [0.717, 1.165) is 60.6 Å². The zero-order valence-electron chi connectivity index (χ0n) is 19.4. The fourth-order valence-corrected chi connectivity index (χ4v) is 5.27. The lowest BCUT2D eigenvalue weighted by Gasteiger charge is -2.27. The van der Waals surface area contributed by atoms with Gasteiger partial charge in [-0.05, 0) is 43.2 Å². The lowest BCUT2D eigenvalue weighted by atomic mass is 10.1. The third-order valence-electron chi connectivity index (χ3n) is 6.06. The molecule has 9 heteroatoms. The number of methoxy groups -OCH3 is 1. The molecule has 3 heterocycles. The predicted octanol–water partition coefficient (Wildman–Crippen LogP) is 3.93. The Bertz CT molecular complexity index is 1320. The molecule has 0 spiro atoms. The molecular weight excluding hydrogens is 450 g/mol. The van der Waals surface area contributed by atoms with Crippen molar-refractivity contribution >= 4 is 43.6 Å². The second kappa shape index (κ2) is 10.0. The molecule has 1 fully saturated rings. The summed E-state index contributed by atoms with van der Waals surface area (Å²) in [5.74, 6) is 0.620. The van der Waals surface area contributed by atoms with Crippen LogP contribution in [0.3, 0.4) is 0 Å². The Morgan fingerprint density at radius 1 is 1.15 bits per heavy atom. The van der Waals surface area contributed by atoms with E-state index in [1.165, 1.54) is 11.3 Å². The van der Waals surface area contributed by atoms with Gasteiger partial charge >= 0.3 is 0 Å². The van der Waals surface area contributed by atoms with E-state index in [1.54, 1.807) is 30.5 Å². The number of hydrogen-bond acceptors (Lipinski definition) is 8. The molecule has 1 aliphatic rings. The van der Waals surface area contributed by atoms with Crippen LogP contribution in [-0.2, 0) is 4.74 Å². The van der Waals surface area contributed by atoms with Gasteiger partial charge in [0.1, 0.15) is 11.3 Å². The van der Waals surface area contributed by atoms with Gasteiger partial charge in [0, 0.05) is 44.1 Å². The molecule has 0 aliphatic carbocycles. The van der Waals surface area contributed by atoms with Crippen molar-refractivity contribution in [1.29, 1.82) is 0 Å². The molecule has 176 valence electrons. The molecule has 0 radical (unpaired) electrons. The molecule has 0 unspecified atom stereocenters. The minimum atomic E-state index is -0.0924. The number of aryl methyl sites for hydroxylation is 1. The highest BCUT2D eigenvalue weighted by Gasteiger charge is 2.24. The topological polar surface area (TPSA) is 80.7 Å². The summed E-state index contributed by atoms with van der Waals surface area (Å²) < 4.78 is 12.0. The van der Waals surface area contributed by atoms with Crippen molar-refractivity contribution < 1.29 is 14.3 Å². The van der Waals surface area contributed by atoms with Gasteiger partial charge in [-0.1, -0.05) is 17.4 Å². The van der Waals surface area contributed by atoms with Gasteiger partial charge in [-0.2, -0.15) is 0 Å². The van der Waals surface area contributed by atoms with Crippen molar-refractivity contribution in [2.45, 2.75) is 13.3 Å². The maximum absolute atomic E-state index is 13.8.